The third-order valence-corrected chi connectivity index (χ3v) is 3.62. The van der Waals surface area contributed by atoms with Crippen molar-refractivity contribution in [2.24, 2.45) is 11.7 Å². The second-order valence-corrected chi connectivity index (χ2v) is 6.23. The molecular weight excluding hydrogens is 333 g/mol. The van der Waals surface area contributed by atoms with Crippen LogP contribution in [0.25, 0.3) is 0 Å². The molecule has 0 aliphatic heterocycles. The lowest BCUT2D eigenvalue weighted by molar-refractivity contribution is -0.135. The molecule has 0 aromatic heterocycles. The van der Waals surface area contributed by atoms with E-state index in [1.54, 1.807) is 17.0 Å². The van der Waals surface area contributed by atoms with Crippen molar-refractivity contribution in [3.8, 4) is 0 Å². The number of nitrogens with one attached hydrogen (secondary N) is 1. The molecule has 0 heterocycles. The molecule has 5 nitrogen and oxygen atoms in total. The molecule has 0 fully saturated rings. The van der Waals surface area contributed by atoms with Gasteiger partial charge in [0.05, 0.1) is 12.6 Å². The van der Waals surface area contributed by atoms with E-state index in [-0.39, 0.29) is 48.5 Å². The molecule has 0 aliphatic rings. The molecule has 0 radical (unpaired) electrons. The number of amides is 2. The van der Waals surface area contributed by atoms with Gasteiger partial charge in [0.25, 0.3) is 0 Å². The lowest BCUT2D eigenvalue weighted by Crippen LogP contribution is -2.48. The van der Waals surface area contributed by atoms with Gasteiger partial charge < -0.3 is 16.0 Å². The molecule has 1 atom stereocenters. The Bertz CT molecular complexity index is 552. The largest absolute Gasteiger partial charge is 0.346 e. The van der Waals surface area contributed by atoms with Crippen LogP contribution in [0.15, 0.2) is 24.3 Å². The first-order chi connectivity index (χ1) is 10.7. The van der Waals surface area contributed by atoms with E-state index < -0.39 is 6.04 Å². The quantitative estimate of drug-likeness (QED) is 0.782. The Morgan fingerprint density at radius 1 is 1.25 bits per heavy atom. The maximum absolute atomic E-state index is 13.3. The van der Waals surface area contributed by atoms with E-state index in [2.05, 4.69) is 5.32 Å². The number of hydrogen-bond acceptors (Lipinski definition) is 3. The van der Waals surface area contributed by atoms with Crippen molar-refractivity contribution in [2.75, 3.05) is 6.54 Å². The van der Waals surface area contributed by atoms with Crippen LogP contribution in [0.5, 0.6) is 0 Å². The Morgan fingerprint density at radius 2 is 1.88 bits per heavy atom. The summed E-state index contributed by atoms with van der Waals surface area (Å²) in [6.45, 7) is 7.61. The molecule has 1 rings (SSSR count). The van der Waals surface area contributed by atoms with Gasteiger partial charge in [-0.25, -0.2) is 4.39 Å². The fraction of sp³-hybridized carbons (Fsp3) is 0.529. The second kappa shape index (κ2) is 10.3. The van der Waals surface area contributed by atoms with E-state index in [9.17, 15) is 14.0 Å². The highest BCUT2D eigenvalue weighted by atomic mass is 35.5. The number of benzene rings is 1. The van der Waals surface area contributed by atoms with Gasteiger partial charge in [0.2, 0.25) is 11.8 Å². The van der Waals surface area contributed by atoms with Crippen molar-refractivity contribution in [1.82, 2.24) is 10.2 Å². The second-order valence-electron chi connectivity index (χ2n) is 6.23. The van der Waals surface area contributed by atoms with Gasteiger partial charge in [-0.05, 0) is 37.5 Å². The predicted octanol–water partition coefficient (Wildman–Crippen LogP) is 2.08. The normalized spacial score (nSPS) is 11.8. The fourth-order valence-electron chi connectivity index (χ4n) is 2.08. The van der Waals surface area contributed by atoms with E-state index in [0.29, 0.717) is 12.1 Å². The smallest absolute Gasteiger partial charge is 0.242 e. The molecule has 0 saturated carbocycles. The van der Waals surface area contributed by atoms with Gasteiger partial charge in [-0.1, -0.05) is 26.0 Å². The minimum Gasteiger partial charge on any atom is -0.346 e. The number of halogens is 2. The van der Waals surface area contributed by atoms with E-state index >= 15 is 0 Å². The molecule has 0 bridgehead atoms. The highest BCUT2D eigenvalue weighted by molar-refractivity contribution is 5.87. The van der Waals surface area contributed by atoms with Crippen molar-refractivity contribution in [3.63, 3.8) is 0 Å². The van der Waals surface area contributed by atoms with Crippen LogP contribution in [0.4, 0.5) is 4.39 Å². The van der Waals surface area contributed by atoms with Crippen LogP contribution in [-0.2, 0) is 16.1 Å². The first kappa shape index (κ1) is 22.3. The number of nitrogens with zero attached hydrogens (tertiary/aromatic N) is 1. The zero-order valence-corrected chi connectivity index (χ0v) is 15.4. The summed E-state index contributed by atoms with van der Waals surface area (Å²) in [5.41, 5.74) is 6.45. The minimum atomic E-state index is -0.640. The number of carbonyl (C=O) groups is 2. The van der Waals surface area contributed by atoms with Crippen LogP contribution in [0.1, 0.15) is 33.3 Å². The maximum Gasteiger partial charge on any atom is 0.242 e. The number of rotatable bonds is 7. The van der Waals surface area contributed by atoms with Crippen molar-refractivity contribution in [2.45, 2.75) is 46.3 Å². The average molecular weight is 360 g/mol. The van der Waals surface area contributed by atoms with Gasteiger partial charge >= 0.3 is 0 Å². The lowest BCUT2D eigenvalue weighted by Gasteiger charge is -2.27. The van der Waals surface area contributed by atoms with Crippen molar-refractivity contribution >= 4 is 24.2 Å². The summed E-state index contributed by atoms with van der Waals surface area (Å²) < 4.78 is 13.3. The van der Waals surface area contributed by atoms with Gasteiger partial charge in [-0.3, -0.25) is 9.59 Å². The fourth-order valence-corrected chi connectivity index (χ4v) is 2.08. The third kappa shape index (κ3) is 6.84. The monoisotopic (exact) mass is 359 g/mol. The zero-order chi connectivity index (χ0) is 17.6. The molecular formula is C17H27ClFN3O2. The predicted molar refractivity (Wildman–Crippen MR) is 95.2 cm³/mol. The first-order valence-corrected chi connectivity index (χ1v) is 7.79. The highest BCUT2D eigenvalue weighted by Gasteiger charge is 2.21. The van der Waals surface area contributed by atoms with E-state index in [1.807, 2.05) is 27.7 Å². The third-order valence-electron chi connectivity index (χ3n) is 3.62. The Labute approximate surface area is 149 Å². The number of hydrogen-bond donors (Lipinski definition) is 2. The molecule has 3 N–H and O–H groups in total. The van der Waals surface area contributed by atoms with Gasteiger partial charge in [0, 0.05) is 12.6 Å². The van der Waals surface area contributed by atoms with Gasteiger partial charge in [-0.2, -0.15) is 0 Å². The molecule has 0 spiro atoms. The Balaban J connectivity index is 0.00000529. The summed E-state index contributed by atoms with van der Waals surface area (Å²) in [5, 5.41) is 2.57. The van der Waals surface area contributed by atoms with Gasteiger partial charge in [0.1, 0.15) is 5.82 Å². The Hall–Kier alpha value is -1.66. The molecule has 0 saturated heterocycles. The summed E-state index contributed by atoms with van der Waals surface area (Å²) in [7, 11) is 0. The van der Waals surface area contributed by atoms with Crippen LogP contribution in [0.3, 0.4) is 0 Å². The van der Waals surface area contributed by atoms with Gasteiger partial charge in [-0.15, -0.1) is 12.4 Å². The summed E-state index contributed by atoms with van der Waals surface area (Å²) in [4.78, 5) is 25.8. The van der Waals surface area contributed by atoms with Crippen LogP contribution in [0, 0.1) is 11.7 Å². The molecule has 0 aliphatic carbocycles. The van der Waals surface area contributed by atoms with Crippen LogP contribution in [-0.4, -0.2) is 35.3 Å². The maximum atomic E-state index is 13.3. The Morgan fingerprint density at radius 3 is 2.38 bits per heavy atom. The first-order valence-electron chi connectivity index (χ1n) is 7.79. The average Bonchev–Trinajstić information content (AvgIpc) is 2.48. The van der Waals surface area contributed by atoms with E-state index in [0.717, 1.165) is 0 Å². The van der Waals surface area contributed by atoms with Crippen LogP contribution in [0.2, 0.25) is 0 Å². The summed E-state index contributed by atoms with van der Waals surface area (Å²) in [6, 6.07) is 5.42. The van der Waals surface area contributed by atoms with E-state index in [4.69, 9.17) is 5.73 Å². The van der Waals surface area contributed by atoms with Crippen molar-refractivity contribution in [3.05, 3.63) is 35.6 Å². The lowest BCUT2D eigenvalue weighted by atomic mass is 10.1. The standard InChI is InChI=1S/C17H26FN3O2.ClH/c1-11(2)16(19)17(23)20-9-15(22)21(12(3)4)10-13-6-5-7-14(18)8-13;/h5-8,11-12,16H,9-10,19H2,1-4H3,(H,20,23);1H/t16-;/m0./s1. The topological polar surface area (TPSA) is 75.4 Å². The van der Waals surface area contributed by atoms with Crippen LogP contribution < -0.4 is 11.1 Å². The van der Waals surface area contributed by atoms with Gasteiger partial charge in [0.15, 0.2) is 0 Å². The van der Waals surface area contributed by atoms with Crippen molar-refractivity contribution in [1.29, 1.82) is 0 Å². The van der Waals surface area contributed by atoms with Crippen LogP contribution >= 0.6 is 12.4 Å². The molecule has 0 unspecified atom stereocenters. The SMILES string of the molecule is CC(C)[C@H](N)C(=O)NCC(=O)N(Cc1cccc(F)c1)C(C)C.Cl. The summed E-state index contributed by atoms with van der Waals surface area (Å²) in [5.74, 6) is -0.912. The summed E-state index contributed by atoms with van der Waals surface area (Å²) >= 11 is 0. The van der Waals surface area contributed by atoms with E-state index in [1.165, 1.54) is 12.1 Å². The molecule has 2 amide bonds. The summed E-state index contributed by atoms with van der Waals surface area (Å²) in [6.07, 6.45) is 0. The Kier molecular flexibility index (Phi) is 9.55. The molecule has 136 valence electrons. The highest BCUT2D eigenvalue weighted by Crippen LogP contribution is 2.10. The number of nitrogens with two attached hydrogens (primary N) is 1. The molecule has 1 aromatic carbocycles. The van der Waals surface area contributed by atoms with Crippen molar-refractivity contribution < 1.29 is 14.0 Å². The minimum absolute atomic E-state index is 0. The zero-order valence-electron chi connectivity index (χ0n) is 14.6. The molecule has 7 heteroatoms. The number of carbonyl (C=O) groups excluding carboxylic acids is 2. The molecule has 1 aromatic rings. The molecule has 24 heavy (non-hydrogen) atoms.